The first kappa shape index (κ1) is 23.1. The van der Waals surface area contributed by atoms with Crippen LogP contribution < -0.4 is 5.32 Å². The first-order valence-corrected chi connectivity index (χ1v) is 14.9. The Hall–Kier alpha value is -2.29. The van der Waals surface area contributed by atoms with E-state index in [-0.39, 0.29) is 0 Å². The Morgan fingerprint density at radius 2 is 1.77 bits per heavy atom. The molecule has 1 N–H and O–H groups in total. The van der Waals surface area contributed by atoms with Crippen LogP contribution in [-0.2, 0) is 9.84 Å². The minimum absolute atomic E-state index is 0.310. The van der Waals surface area contributed by atoms with E-state index in [1.165, 1.54) is 56.9 Å². The molecule has 0 radical (unpaired) electrons. The van der Waals surface area contributed by atoms with Crippen molar-refractivity contribution < 1.29 is 8.42 Å². The van der Waals surface area contributed by atoms with E-state index in [4.69, 9.17) is 10.1 Å². The lowest BCUT2D eigenvalue weighted by molar-refractivity contribution is 0.0556. The van der Waals surface area contributed by atoms with Gasteiger partial charge in [0.1, 0.15) is 0 Å². The number of piperidine rings is 2. The van der Waals surface area contributed by atoms with Gasteiger partial charge in [0.05, 0.1) is 4.90 Å². The number of benzene rings is 1. The summed E-state index contributed by atoms with van der Waals surface area (Å²) in [4.78, 5) is 7.95. The molecule has 8 heteroatoms. The Labute approximate surface area is 207 Å². The van der Waals surface area contributed by atoms with Gasteiger partial charge in [-0.1, -0.05) is 6.07 Å². The van der Waals surface area contributed by atoms with E-state index in [2.05, 4.69) is 29.4 Å². The van der Waals surface area contributed by atoms with Gasteiger partial charge in [-0.05, 0) is 112 Å². The number of fused-ring (bicyclic) bond motifs is 1. The normalized spacial score (nSPS) is 24.7. The summed E-state index contributed by atoms with van der Waals surface area (Å²) in [7, 11) is -3.22. The standard InChI is InChI=1S/C27H35N5O2S/c1-18-15-22(21-11-14-31(23-9-12-28-13-10-23)25(16-21)19-3-4-19)17-32-27(18)29-26(30-32)20-5-7-24(8-6-20)35(2,33)34/h5-8,15,17,19,21,23,25,28H,3-4,9-14,16H2,1-2H3/t21?,25-/m1/s1. The fraction of sp³-hybridized carbons (Fsp3) is 0.556. The van der Waals surface area contributed by atoms with Gasteiger partial charge in [-0.25, -0.2) is 17.9 Å². The molecule has 1 aliphatic carbocycles. The number of hydrogen-bond donors (Lipinski definition) is 1. The SMILES string of the molecule is Cc1cc(C2CCN(C3CCNCC3)[C@@H](C3CC3)C2)cn2nc(-c3ccc(S(C)(=O)=O)cc3)nc12. The second-order valence-corrected chi connectivity index (χ2v) is 12.8. The third kappa shape index (κ3) is 4.63. The molecule has 0 spiro atoms. The highest BCUT2D eigenvalue weighted by molar-refractivity contribution is 7.90. The van der Waals surface area contributed by atoms with Crippen molar-refractivity contribution in [3.05, 3.63) is 47.7 Å². The molecule has 3 aromatic rings. The zero-order valence-electron chi connectivity index (χ0n) is 20.7. The van der Waals surface area contributed by atoms with Gasteiger partial charge in [0.25, 0.3) is 0 Å². The number of nitrogens with zero attached hydrogens (tertiary/aromatic N) is 4. The van der Waals surface area contributed by atoms with Crippen LogP contribution in [0.25, 0.3) is 17.0 Å². The smallest absolute Gasteiger partial charge is 0.182 e. The molecule has 4 heterocycles. The second kappa shape index (κ2) is 8.98. The number of nitrogens with one attached hydrogen (secondary N) is 1. The van der Waals surface area contributed by atoms with Crippen molar-refractivity contribution >= 4 is 15.5 Å². The topological polar surface area (TPSA) is 79.6 Å². The summed E-state index contributed by atoms with van der Waals surface area (Å²) in [6, 6.07) is 10.6. The lowest BCUT2D eigenvalue weighted by Gasteiger charge is -2.45. The number of sulfone groups is 1. The van der Waals surface area contributed by atoms with Crippen LogP contribution in [-0.4, -0.2) is 65.9 Å². The van der Waals surface area contributed by atoms with Crippen LogP contribution in [0.15, 0.2) is 41.4 Å². The van der Waals surface area contributed by atoms with Gasteiger partial charge in [0, 0.05) is 30.1 Å². The van der Waals surface area contributed by atoms with E-state index in [1.807, 2.05) is 4.52 Å². The Morgan fingerprint density at radius 3 is 2.46 bits per heavy atom. The highest BCUT2D eigenvalue weighted by Gasteiger charge is 2.42. The van der Waals surface area contributed by atoms with E-state index in [9.17, 15) is 8.42 Å². The highest BCUT2D eigenvalue weighted by Crippen LogP contribution is 2.45. The van der Waals surface area contributed by atoms with Crippen molar-refractivity contribution in [3.8, 4) is 11.4 Å². The second-order valence-electron chi connectivity index (χ2n) is 10.8. The minimum Gasteiger partial charge on any atom is -0.317 e. The Balaban J connectivity index is 1.26. The van der Waals surface area contributed by atoms with Crippen molar-refractivity contribution in [1.29, 1.82) is 0 Å². The number of aryl methyl sites for hydroxylation is 1. The monoisotopic (exact) mass is 493 g/mol. The molecule has 35 heavy (non-hydrogen) atoms. The number of rotatable bonds is 5. The first-order valence-electron chi connectivity index (χ1n) is 13.0. The van der Waals surface area contributed by atoms with Gasteiger partial charge >= 0.3 is 0 Å². The Bertz CT molecular complexity index is 1320. The molecule has 2 aromatic heterocycles. The summed E-state index contributed by atoms with van der Waals surface area (Å²) in [5.41, 5.74) is 4.19. The van der Waals surface area contributed by atoms with Crippen LogP contribution in [0.2, 0.25) is 0 Å². The predicted octanol–water partition coefficient (Wildman–Crippen LogP) is 3.82. The van der Waals surface area contributed by atoms with E-state index in [0.717, 1.165) is 41.8 Å². The summed E-state index contributed by atoms with van der Waals surface area (Å²) >= 11 is 0. The van der Waals surface area contributed by atoms with Crippen molar-refractivity contribution in [1.82, 2.24) is 24.8 Å². The molecule has 1 unspecified atom stereocenters. The van der Waals surface area contributed by atoms with Crippen LogP contribution in [0.4, 0.5) is 0 Å². The maximum atomic E-state index is 11.8. The van der Waals surface area contributed by atoms with Crippen LogP contribution in [0, 0.1) is 12.8 Å². The molecule has 186 valence electrons. The maximum absolute atomic E-state index is 11.8. The van der Waals surface area contributed by atoms with Gasteiger partial charge in [-0.15, -0.1) is 5.10 Å². The van der Waals surface area contributed by atoms with Gasteiger partial charge in [0.15, 0.2) is 21.3 Å². The molecule has 2 saturated heterocycles. The van der Waals surface area contributed by atoms with Crippen molar-refractivity contribution in [2.75, 3.05) is 25.9 Å². The Morgan fingerprint density at radius 1 is 1.03 bits per heavy atom. The summed E-state index contributed by atoms with van der Waals surface area (Å²) in [5.74, 6) is 2.07. The van der Waals surface area contributed by atoms with Gasteiger partial charge in [-0.2, -0.15) is 0 Å². The molecule has 2 atom stereocenters. The highest BCUT2D eigenvalue weighted by atomic mass is 32.2. The summed E-state index contributed by atoms with van der Waals surface area (Å²) in [5, 5.41) is 8.31. The van der Waals surface area contributed by atoms with Gasteiger partial charge in [-0.3, -0.25) is 4.90 Å². The van der Waals surface area contributed by atoms with E-state index in [1.54, 1.807) is 24.3 Å². The molecule has 1 aromatic carbocycles. The quantitative estimate of drug-likeness (QED) is 0.582. The minimum atomic E-state index is -3.22. The number of likely N-dealkylation sites (tertiary alicyclic amines) is 1. The molecule has 3 aliphatic rings. The number of hydrogen-bond acceptors (Lipinski definition) is 6. The number of pyridine rings is 1. The van der Waals surface area contributed by atoms with Gasteiger partial charge in [0.2, 0.25) is 0 Å². The van der Waals surface area contributed by atoms with Crippen molar-refractivity contribution in [2.45, 2.75) is 68.3 Å². The largest absolute Gasteiger partial charge is 0.317 e. The molecule has 0 bridgehead atoms. The molecule has 6 rings (SSSR count). The zero-order valence-corrected chi connectivity index (χ0v) is 21.5. The third-order valence-electron chi connectivity index (χ3n) is 8.28. The predicted molar refractivity (Wildman–Crippen MR) is 137 cm³/mol. The first-order chi connectivity index (χ1) is 16.9. The summed E-state index contributed by atoms with van der Waals surface area (Å²) in [6.45, 7) is 5.63. The average molecular weight is 494 g/mol. The lowest BCUT2D eigenvalue weighted by atomic mass is 9.82. The number of aromatic nitrogens is 3. The van der Waals surface area contributed by atoms with Crippen LogP contribution >= 0.6 is 0 Å². The molecule has 3 fully saturated rings. The van der Waals surface area contributed by atoms with E-state index in [0.29, 0.717) is 22.7 Å². The molecule has 2 aliphatic heterocycles. The molecular weight excluding hydrogens is 458 g/mol. The molecular formula is C27H35N5O2S. The molecule has 7 nitrogen and oxygen atoms in total. The van der Waals surface area contributed by atoms with Crippen molar-refractivity contribution in [2.24, 2.45) is 5.92 Å². The van der Waals surface area contributed by atoms with Crippen LogP contribution in [0.5, 0.6) is 0 Å². The van der Waals surface area contributed by atoms with Crippen LogP contribution in [0.1, 0.15) is 55.6 Å². The fourth-order valence-electron chi connectivity index (χ4n) is 6.23. The maximum Gasteiger partial charge on any atom is 0.182 e. The van der Waals surface area contributed by atoms with Crippen molar-refractivity contribution in [3.63, 3.8) is 0 Å². The van der Waals surface area contributed by atoms with E-state index >= 15 is 0 Å². The lowest BCUT2D eigenvalue weighted by Crippen LogP contribution is -2.52. The van der Waals surface area contributed by atoms with Gasteiger partial charge < -0.3 is 5.32 Å². The average Bonchev–Trinajstić information content (AvgIpc) is 3.62. The van der Waals surface area contributed by atoms with E-state index < -0.39 is 9.84 Å². The fourth-order valence-corrected chi connectivity index (χ4v) is 6.86. The summed E-state index contributed by atoms with van der Waals surface area (Å²) < 4.78 is 25.5. The molecule has 0 amide bonds. The third-order valence-corrected chi connectivity index (χ3v) is 9.41. The Kier molecular flexibility index (Phi) is 5.93. The van der Waals surface area contributed by atoms with Crippen LogP contribution in [0.3, 0.4) is 0 Å². The zero-order chi connectivity index (χ0) is 24.2. The molecule has 1 saturated carbocycles. The summed E-state index contributed by atoms with van der Waals surface area (Å²) in [6.07, 6.45) is 11.2.